The Morgan fingerprint density at radius 3 is 2.72 bits per heavy atom. The predicted molar refractivity (Wildman–Crippen MR) is 109 cm³/mol. The van der Waals surface area contributed by atoms with E-state index >= 15 is 0 Å². The van der Waals surface area contributed by atoms with Gasteiger partial charge >= 0.3 is 0 Å². The second-order valence-corrected chi connectivity index (χ2v) is 7.10. The van der Waals surface area contributed by atoms with Crippen LogP contribution >= 0.6 is 0 Å². The average molecular weight is 398 g/mol. The molecule has 8 heteroatoms. The van der Waals surface area contributed by atoms with Gasteiger partial charge in [0.25, 0.3) is 5.91 Å². The number of hydrogen-bond donors (Lipinski definition) is 1. The molecule has 8 nitrogen and oxygen atoms in total. The second-order valence-electron chi connectivity index (χ2n) is 7.10. The Hall–Kier alpha value is -2.84. The van der Waals surface area contributed by atoms with Crippen LogP contribution in [-0.4, -0.2) is 69.0 Å². The minimum absolute atomic E-state index is 0.130. The van der Waals surface area contributed by atoms with Gasteiger partial charge in [-0.2, -0.15) is 0 Å². The number of fused-ring (bicyclic) bond motifs is 1. The quantitative estimate of drug-likeness (QED) is 0.709. The van der Waals surface area contributed by atoms with Crippen LogP contribution in [-0.2, 0) is 11.3 Å². The summed E-state index contributed by atoms with van der Waals surface area (Å²) in [5, 5.41) is 2.80. The van der Waals surface area contributed by atoms with Crippen LogP contribution in [0.4, 0.5) is 5.82 Å². The highest BCUT2D eigenvalue weighted by Crippen LogP contribution is 2.32. The normalized spacial score (nSPS) is 16.1. The predicted octanol–water partition coefficient (Wildman–Crippen LogP) is 1.51. The van der Waals surface area contributed by atoms with E-state index in [1.54, 1.807) is 13.3 Å². The maximum absolute atomic E-state index is 12.1. The van der Waals surface area contributed by atoms with Crippen molar-refractivity contribution >= 4 is 11.7 Å². The fraction of sp³-hybridized carbons (Fsp3) is 0.429. The highest BCUT2D eigenvalue weighted by atomic mass is 16.7. The Morgan fingerprint density at radius 2 is 1.97 bits per heavy atom. The second kappa shape index (κ2) is 9.11. The third-order valence-corrected chi connectivity index (χ3v) is 5.14. The molecule has 0 aliphatic carbocycles. The minimum atomic E-state index is -0.130. The van der Waals surface area contributed by atoms with Gasteiger partial charge in [0.05, 0.1) is 12.2 Å². The number of rotatable bonds is 7. The van der Waals surface area contributed by atoms with Crippen molar-refractivity contribution in [2.45, 2.75) is 6.54 Å². The summed E-state index contributed by atoms with van der Waals surface area (Å²) in [5.74, 6) is 2.42. The summed E-state index contributed by atoms with van der Waals surface area (Å²) in [6.45, 7) is 5.88. The first-order valence-corrected chi connectivity index (χ1v) is 9.82. The molecule has 0 atom stereocenters. The van der Waals surface area contributed by atoms with Crippen LogP contribution in [0.2, 0.25) is 0 Å². The molecule has 0 spiro atoms. The Balaban J connectivity index is 1.27. The zero-order valence-corrected chi connectivity index (χ0v) is 16.6. The fourth-order valence-electron chi connectivity index (χ4n) is 3.51. The number of nitrogens with one attached hydrogen (secondary N) is 1. The van der Waals surface area contributed by atoms with Crippen LogP contribution in [0.15, 0.2) is 36.5 Å². The number of nitrogens with zero attached hydrogens (tertiary/aromatic N) is 3. The van der Waals surface area contributed by atoms with Gasteiger partial charge in [0.1, 0.15) is 5.82 Å². The van der Waals surface area contributed by atoms with Crippen LogP contribution in [0.5, 0.6) is 11.5 Å². The Morgan fingerprint density at radius 1 is 1.14 bits per heavy atom. The molecule has 3 heterocycles. The molecule has 1 amide bonds. The third kappa shape index (κ3) is 4.78. The molecule has 2 aliphatic rings. The number of carbonyl (C=O) groups excluding carboxylic acids is 1. The number of aromatic nitrogens is 1. The summed E-state index contributed by atoms with van der Waals surface area (Å²) >= 11 is 0. The molecule has 1 aromatic heterocycles. The lowest BCUT2D eigenvalue weighted by atomic mass is 10.1. The highest BCUT2D eigenvalue weighted by molar-refractivity contribution is 5.94. The van der Waals surface area contributed by atoms with Gasteiger partial charge in [-0.05, 0) is 29.8 Å². The van der Waals surface area contributed by atoms with Gasteiger partial charge < -0.3 is 24.4 Å². The first kappa shape index (κ1) is 19.5. The van der Waals surface area contributed by atoms with E-state index in [-0.39, 0.29) is 5.91 Å². The van der Waals surface area contributed by atoms with Gasteiger partial charge in [-0.25, -0.2) is 4.98 Å². The molecular formula is C21H26N4O4. The van der Waals surface area contributed by atoms with E-state index in [0.717, 1.165) is 50.0 Å². The van der Waals surface area contributed by atoms with Gasteiger partial charge in [0.2, 0.25) is 6.79 Å². The van der Waals surface area contributed by atoms with Crippen LogP contribution < -0.4 is 19.7 Å². The van der Waals surface area contributed by atoms with Crippen molar-refractivity contribution in [2.75, 3.05) is 58.1 Å². The molecule has 29 heavy (non-hydrogen) atoms. The number of benzene rings is 1. The molecule has 1 N–H and O–H groups in total. The molecular weight excluding hydrogens is 372 g/mol. The van der Waals surface area contributed by atoms with Gasteiger partial charge in [-0.15, -0.1) is 0 Å². The first-order chi connectivity index (χ1) is 14.2. The lowest BCUT2D eigenvalue weighted by molar-refractivity contribution is 0.0936. The van der Waals surface area contributed by atoms with E-state index in [9.17, 15) is 4.79 Å². The number of ether oxygens (including phenoxy) is 3. The molecule has 4 rings (SSSR count). The smallest absolute Gasteiger partial charge is 0.252 e. The largest absolute Gasteiger partial charge is 0.454 e. The minimum Gasteiger partial charge on any atom is -0.454 e. The average Bonchev–Trinajstić information content (AvgIpc) is 3.22. The summed E-state index contributed by atoms with van der Waals surface area (Å²) < 4.78 is 15.8. The SMILES string of the molecule is COCCNC(=O)c1ccc(N2CCN(Cc3ccc4c(c3)OCO4)CC2)nc1. The Kier molecular flexibility index (Phi) is 6.12. The fourth-order valence-corrected chi connectivity index (χ4v) is 3.51. The van der Waals surface area contributed by atoms with Crippen molar-refractivity contribution in [3.05, 3.63) is 47.7 Å². The summed E-state index contributed by atoms with van der Waals surface area (Å²) in [6.07, 6.45) is 1.64. The molecule has 0 saturated carbocycles. The van der Waals surface area contributed by atoms with E-state index in [0.29, 0.717) is 25.5 Å². The van der Waals surface area contributed by atoms with Gasteiger partial charge in [-0.3, -0.25) is 9.69 Å². The molecule has 2 aromatic rings. The van der Waals surface area contributed by atoms with Gasteiger partial charge in [-0.1, -0.05) is 6.07 Å². The molecule has 1 aromatic carbocycles. The number of piperazine rings is 1. The molecule has 154 valence electrons. The summed E-state index contributed by atoms with van der Waals surface area (Å²) in [6, 6.07) is 9.87. The Bertz CT molecular complexity index is 835. The number of carbonyl (C=O) groups is 1. The van der Waals surface area contributed by atoms with Gasteiger partial charge in [0, 0.05) is 52.6 Å². The summed E-state index contributed by atoms with van der Waals surface area (Å²) in [7, 11) is 1.61. The van der Waals surface area contributed by atoms with Crippen molar-refractivity contribution in [1.82, 2.24) is 15.2 Å². The number of methoxy groups -OCH3 is 1. The number of hydrogen-bond acceptors (Lipinski definition) is 7. The maximum atomic E-state index is 12.1. The van der Waals surface area contributed by atoms with Crippen LogP contribution in [0.3, 0.4) is 0 Å². The highest BCUT2D eigenvalue weighted by Gasteiger charge is 2.20. The number of pyridine rings is 1. The maximum Gasteiger partial charge on any atom is 0.252 e. The van der Waals surface area contributed by atoms with E-state index in [1.807, 2.05) is 18.2 Å². The number of amides is 1. The van der Waals surface area contributed by atoms with E-state index < -0.39 is 0 Å². The lowest BCUT2D eigenvalue weighted by Crippen LogP contribution is -2.46. The van der Waals surface area contributed by atoms with E-state index in [4.69, 9.17) is 14.2 Å². The lowest BCUT2D eigenvalue weighted by Gasteiger charge is -2.35. The van der Waals surface area contributed by atoms with Crippen molar-refractivity contribution in [3.63, 3.8) is 0 Å². The van der Waals surface area contributed by atoms with E-state index in [2.05, 4.69) is 32.2 Å². The van der Waals surface area contributed by atoms with Crippen LogP contribution in [0.25, 0.3) is 0 Å². The molecule has 1 saturated heterocycles. The van der Waals surface area contributed by atoms with Crippen molar-refractivity contribution in [3.8, 4) is 11.5 Å². The first-order valence-electron chi connectivity index (χ1n) is 9.82. The van der Waals surface area contributed by atoms with Crippen LogP contribution in [0.1, 0.15) is 15.9 Å². The monoisotopic (exact) mass is 398 g/mol. The van der Waals surface area contributed by atoms with Crippen molar-refractivity contribution in [2.24, 2.45) is 0 Å². The summed E-state index contributed by atoms with van der Waals surface area (Å²) in [4.78, 5) is 21.2. The molecule has 0 radical (unpaired) electrons. The number of anilines is 1. The van der Waals surface area contributed by atoms with Crippen molar-refractivity contribution < 1.29 is 19.0 Å². The van der Waals surface area contributed by atoms with Crippen molar-refractivity contribution in [1.29, 1.82) is 0 Å². The summed E-state index contributed by atoms with van der Waals surface area (Å²) in [5.41, 5.74) is 1.79. The molecule has 0 bridgehead atoms. The van der Waals surface area contributed by atoms with E-state index in [1.165, 1.54) is 5.56 Å². The Labute approximate surface area is 170 Å². The molecule has 0 unspecified atom stereocenters. The molecule has 1 fully saturated rings. The zero-order valence-electron chi connectivity index (χ0n) is 16.6. The topological polar surface area (TPSA) is 76.2 Å². The standard InChI is InChI=1S/C21H26N4O4/c1-27-11-6-22-21(26)17-3-5-20(23-13-17)25-9-7-24(8-10-25)14-16-2-4-18-19(12-16)29-15-28-18/h2-5,12-13H,6-11,14-15H2,1H3,(H,22,26). The van der Waals surface area contributed by atoms with Crippen LogP contribution in [0, 0.1) is 0 Å². The third-order valence-electron chi connectivity index (χ3n) is 5.14. The zero-order chi connectivity index (χ0) is 20.1. The molecule has 2 aliphatic heterocycles. The van der Waals surface area contributed by atoms with Gasteiger partial charge in [0.15, 0.2) is 11.5 Å².